The lowest BCUT2D eigenvalue weighted by atomic mass is 9.82. The van der Waals surface area contributed by atoms with Crippen molar-refractivity contribution in [2.24, 2.45) is 5.92 Å². The number of nitrogens with one attached hydrogen (secondary N) is 1. The highest BCUT2D eigenvalue weighted by molar-refractivity contribution is 6.71. The Balaban J connectivity index is 1.37. The number of pyridine rings is 1. The van der Waals surface area contributed by atoms with Crippen LogP contribution in [0.5, 0.6) is 5.75 Å². The first-order valence-corrected chi connectivity index (χ1v) is 17.6. The normalized spacial score (nSPS) is 26.3. The minimum atomic E-state index is -2.99. The highest BCUT2D eigenvalue weighted by Crippen LogP contribution is 2.58. The molecule has 1 spiro atoms. The van der Waals surface area contributed by atoms with Gasteiger partial charge in [0.25, 0.3) is 11.5 Å². The van der Waals surface area contributed by atoms with E-state index in [0.717, 1.165) is 11.1 Å². The molecule has 1 aromatic heterocycles. The highest BCUT2D eigenvalue weighted by atomic mass is 28.4. The van der Waals surface area contributed by atoms with Gasteiger partial charge >= 0.3 is 0 Å². The van der Waals surface area contributed by atoms with E-state index in [4.69, 9.17) is 9.47 Å². The Morgan fingerprint density at radius 2 is 1.88 bits per heavy atom. The standard InChI is InChI=1S/C32H37N3O7Si/c1-19-29(43(3,4)40)27(16-28(37)35-17-21-9-6-5-8-20(21)14-23(35)18-36)42-32(19)24-15-22(11-12-25(24)33-31(32)39)34-13-7-10-26(41-2)30(34)38/h5-13,15,19,23,27,29,36,40H,14,16-18H2,1-4H3,(H,33,39)/t19-,23+,27+,29-,32+/m1/s1. The molecule has 0 saturated carbocycles. The lowest BCUT2D eigenvalue weighted by Gasteiger charge is -2.37. The Morgan fingerprint density at radius 3 is 2.58 bits per heavy atom. The monoisotopic (exact) mass is 603 g/mol. The molecular weight excluding hydrogens is 566 g/mol. The van der Waals surface area contributed by atoms with E-state index < -0.39 is 31.5 Å². The summed E-state index contributed by atoms with van der Waals surface area (Å²) in [5.74, 6) is -0.832. The van der Waals surface area contributed by atoms with Gasteiger partial charge in [0, 0.05) is 41.1 Å². The molecule has 2 aromatic carbocycles. The molecule has 3 aliphatic heterocycles. The average Bonchev–Trinajstić information content (AvgIpc) is 3.44. The molecule has 6 rings (SSSR count). The molecule has 1 saturated heterocycles. The first kappa shape index (κ1) is 29.3. The third-order valence-electron chi connectivity index (χ3n) is 9.39. The number of benzene rings is 2. The van der Waals surface area contributed by atoms with Crippen LogP contribution < -0.4 is 15.6 Å². The van der Waals surface area contributed by atoms with Crippen molar-refractivity contribution in [3.8, 4) is 11.4 Å². The number of aliphatic hydroxyl groups excluding tert-OH is 1. The van der Waals surface area contributed by atoms with Gasteiger partial charge in [-0.2, -0.15) is 0 Å². The predicted molar refractivity (Wildman–Crippen MR) is 163 cm³/mol. The summed E-state index contributed by atoms with van der Waals surface area (Å²) in [6.45, 7) is 5.72. The molecule has 0 aliphatic carbocycles. The fourth-order valence-corrected chi connectivity index (χ4v) is 9.95. The van der Waals surface area contributed by atoms with Gasteiger partial charge in [-0.05, 0) is 61.0 Å². The van der Waals surface area contributed by atoms with E-state index in [1.807, 2.05) is 44.3 Å². The second kappa shape index (κ2) is 10.7. The first-order valence-electron chi connectivity index (χ1n) is 14.6. The molecule has 0 bridgehead atoms. The Bertz CT molecular complexity index is 1650. The van der Waals surface area contributed by atoms with E-state index >= 15 is 0 Å². The van der Waals surface area contributed by atoms with Crippen LogP contribution in [0.1, 0.15) is 30.0 Å². The zero-order valence-electron chi connectivity index (χ0n) is 24.7. The molecule has 10 nitrogen and oxygen atoms in total. The highest BCUT2D eigenvalue weighted by Gasteiger charge is 2.65. The summed E-state index contributed by atoms with van der Waals surface area (Å²) in [6, 6.07) is 16.1. The fourth-order valence-electron chi connectivity index (χ4n) is 7.40. The number of amides is 2. The van der Waals surface area contributed by atoms with Crippen LogP contribution in [0.25, 0.3) is 5.69 Å². The van der Waals surface area contributed by atoms with E-state index in [9.17, 15) is 24.3 Å². The van der Waals surface area contributed by atoms with Crippen LogP contribution in [-0.2, 0) is 32.9 Å². The Labute approximate surface area is 251 Å². The summed E-state index contributed by atoms with van der Waals surface area (Å²) >= 11 is 0. The third kappa shape index (κ3) is 4.71. The second-order valence-corrected chi connectivity index (χ2v) is 16.3. The number of methoxy groups -OCH3 is 1. The molecule has 1 fully saturated rings. The maximum Gasteiger partial charge on any atom is 0.297 e. The quantitative estimate of drug-likeness (QED) is 0.370. The number of carbonyl (C=O) groups is 2. The maximum atomic E-state index is 13.9. The molecule has 226 valence electrons. The number of hydrogen-bond donors (Lipinski definition) is 3. The van der Waals surface area contributed by atoms with E-state index in [-0.39, 0.29) is 42.2 Å². The van der Waals surface area contributed by atoms with E-state index in [1.165, 1.54) is 11.7 Å². The van der Waals surface area contributed by atoms with Crippen molar-refractivity contribution >= 4 is 25.8 Å². The Kier molecular flexibility index (Phi) is 7.32. The minimum absolute atomic E-state index is 0.0376. The minimum Gasteiger partial charge on any atom is -0.491 e. The van der Waals surface area contributed by atoms with Crippen LogP contribution >= 0.6 is 0 Å². The van der Waals surface area contributed by atoms with Crippen LogP contribution in [0.3, 0.4) is 0 Å². The molecule has 3 aromatic rings. The van der Waals surface area contributed by atoms with E-state index in [2.05, 4.69) is 5.32 Å². The van der Waals surface area contributed by atoms with Gasteiger partial charge in [-0.15, -0.1) is 0 Å². The molecule has 11 heteroatoms. The molecule has 5 atom stereocenters. The topological polar surface area (TPSA) is 130 Å². The Hall–Kier alpha value is -3.77. The lowest BCUT2D eigenvalue weighted by Crippen LogP contribution is -2.48. The van der Waals surface area contributed by atoms with Gasteiger partial charge in [0.05, 0.1) is 32.3 Å². The van der Waals surface area contributed by atoms with Crippen LogP contribution in [-0.4, -0.2) is 65.4 Å². The summed E-state index contributed by atoms with van der Waals surface area (Å²) in [5, 5.41) is 13.1. The lowest BCUT2D eigenvalue weighted by molar-refractivity contribution is -0.149. The number of aromatic nitrogens is 1. The van der Waals surface area contributed by atoms with Crippen molar-refractivity contribution in [1.29, 1.82) is 0 Å². The molecular formula is C32H37N3O7Si. The second-order valence-electron chi connectivity index (χ2n) is 12.3. The summed E-state index contributed by atoms with van der Waals surface area (Å²) in [7, 11) is -1.56. The van der Waals surface area contributed by atoms with Crippen LogP contribution in [0.2, 0.25) is 18.6 Å². The van der Waals surface area contributed by atoms with Crippen molar-refractivity contribution < 1.29 is 29.0 Å². The van der Waals surface area contributed by atoms with E-state index in [1.54, 1.807) is 41.4 Å². The molecule has 2 amide bonds. The molecule has 4 heterocycles. The number of carbonyl (C=O) groups excluding carboxylic acids is 2. The number of nitrogens with zero attached hydrogens (tertiary/aromatic N) is 2. The number of aliphatic hydroxyl groups is 1. The molecule has 0 unspecified atom stereocenters. The summed E-state index contributed by atoms with van der Waals surface area (Å²) in [6.07, 6.45) is 1.41. The maximum absolute atomic E-state index is 13.9. The SMILES string of the molecule is COc1cccn(-c2ccc3c(c2)[C@]2(O[C@@H](CC(=O)N4Cc5ccccc5C[C@H]4CO)[C@H]([Si](C)(C)O)[C@H]2C)C(=O)N3)c1=O. The van der Waals surface area contributed by atoms with Crippen LogP contribution in [0.15, 0.2) is 65.6 Å². The van der Waals surface area contributed by atoms with E-state index in [0.29, 0.717) is 29.9 Å². The first-order chi connectivity index (χ1) is 20.5. The summed E-state index contributed by atoms with van der Waals surface area (Å²) in [5.41, 5.74) is 1.57. The predicted octanol–water partition coefficient (Wildman–Crippen LogP) is 2.93. The molecule has 3 N–H and O–H groups in total. The number of anilines is 1. The molecule has 0 radical (unpaired) electrons. The number of rotatable bonds is 6. The van der Waals surface area contributed by atoms with Crippen molar-refractivity contribution in [3.05, 3.63) is 87.8 Å². The zero-order valence-corrected chi connectivity index (χ0v) is 25.7. The van der Waals surface area contributed by atoms with Gasteiger partial charge < -0.3 is 29.6 Å². The van der Waals surface area contributed by atoms with Gasteiger partial charge in [0.1, 0.15) is 0 Å². The fraction of sp³-hybridized carbons (Fsp3) is 0.406. The summed E-state index contributed by atoms with van der Waals surface area (Å²) < 4.78 is 13.4. The van der Waals surface area contributed by atoms with Gasteiger partial charge in [-0.25, -0.2) is 0 Å². The van der Waals surface area contributed by atoms with Gasteiger partial charge in [-0.1, -0.05) is 31.2 Å². The third-order valence-corrected chi connectivity index (χ3v) is 11.9. The molecule has 43 heavy (non-hydrogen) atoms. The van der Waals surface area contributed by atoms with Crippen molar-refractivity contribution in [1.82, 2.24) is 9.47 Å². The van der Waals surface area contributed by atoms with Gasteiger partial charge in [0.15, 0.2) is 19.7 Å². The number of ether oxygens (including phenoxy) is 2. The number of hydrogen-bond acceptors (Lipinski definition) is 7. The largest absolute Gasteiger partial charge is 0.491 e. The number of fused-ring (bicyclic) bond motifs is 3. The summed E-state index contributed by atoms with van der Waals surface area (Å²) in [4.78, 5) is 53.9. The van der Waals surface area contributed by atoms with Crippen LogP contribution in [0, 0.1) is 5.92 Å². The smallest absolute Gasteiger partial charge is 0.297 e. The van der Waals surface area contributed by atoms with Crippen molar-refractivity contribution in [2.75, 3.05) is 19.0 Å². The van der Waals surface area contributed by atoms with Gasteiger partial charge in [-0.3, -0.25) is 19.0 Å². The van der Waals surface area contributed by atoms with Crippen molar-refractivity contribution in [3.63, 3.8) is 0 Å². The van der Waals surface area contributed by atoms with Gasteiger partial charge in [0.2, 0.25) is 5.91 Å². The Morgan fingerprint density at radius 1 is 1.14 bits per heavy atom. The zero-order chi connectivity index (χ0) is 30.7. The van der Waals surface area contributed by atoms with Crippen molar-refractivity contribution in [2.45, 2.75) is 62.7 Å². The van der Waals surface area contributed by atoms with Crippen LogP contribution in [0.4, 0.5) is 5.69 Å². The average molecular weight is 604 g/mol. The molecule has 3 aliphatic rings.